The highest BCUT2D eigenvalue weighted by molar-refractivity contribution is 6.19. The van der Waals surface area contributed by atoms with Crippen LogP contribution in [0, 0.1) is 18.0 Å². The van der Waals surface area contributed by atoms with Crippen LogP contribution >= 0.6 is 0 Å². The van der Waals surface area contributed by atoms with Gasteiger partial charge < -0.3 is 5.21 Å². The Balaban J connectivity index is 2.24. The van der Waals surface area contributed by atoms with E-state index in [0.29, 0.717) is 16.7 Å². The van der Waals surface area contributed by atoms with Gasteiger partial charge in [0.15, 0.2) is 11.6 Å². The van der Waals surface area contributed by atoms with Crippen LogP contribution in [0.15, 0.2) is 84.9 Å². The van der Waals surface area contributed by atoms with E-state index < -0.39 is 23.4 Å². The maximum atomic E-state index is 13.6. The highest BCUT2D eigenvalue weighted by Crippen LogP contribution is 2.34. The smallest absolute Gasteiger partial charge is 0.227 e. The first-order valence-corrected chi connectivity index (χ1v) is 9.65. The minimum Gasteiger partial charge on any atom is -0.418 e. The van der Waals surface area contributed by atoms with Crippen molar-refractivity contribution in [1.82, 2.24) is 0 Å². The molecule has 0 aliphatic rings. The van der Waals surface area contributed by atoms with E-state index in [4.69, 9.17) is 0 Å². The molecule has 152 valence electrons. The van der Waals surface area contributed by atoms with E-state index in [2.05, 4.69) is 0 Å². The molecule has 0 heterocycles. The van der Waals surface area contributed by atoms with E-state index in [-0.39, 0.29) is 10.6 Å². The first-order valence-electron chi connectivity index (χ1n) is 9.65. The Morgan fingerprint density at radius 3 is 1.67 bits per heavy atom. The van der Waals surface area contributed by atoms with E-state index in [1.165, 1.54) is 6.92 Å². The van der Waals surface area contributed by atoms with Gasteiger partial charge in [-0.2, -0.15) is 0 Å². The standard InChI is InChI=1S/C25H23NO4/c1-17-11-9-10-16-21(17)22(18(2)26(29)30)23(24(27)19-12-5-3-6-13-19)25(28)20-14-7-4-8-15-20/h3-16,22-23H,1-2H3,(H,29,30). The number of Topliss-reactive ketones (excluding diaryl/α,β-unsaturated/α-hetero) is 2. The molecule has 3 rings (SSSR count). The minimum atomic E-state index is -1.21. The van der Waals surface area contributed by atoms with Gasteiger partial charge in [-0.25, -0.2) is 0 Å². The molecular weight excluding hydrogens is 378 g/mol. The summed E-state index contributed by atoms with van der Waals surface area (Å²) in [5, 5.41) is 21.6. The summed E-state index contributed by atoms with van der Waals surface area (Å²) >= 11 is 0. The van der Waals surface area contributed by atoms with Crippen LogP contribution in [-0.2, 0) is 0 Å². The fourth-order valence-electron chi connectivity index (χ4n) is 3.69. The maximum Gasteiger partial charge on any atom is 0.227 e. The number of carbonyl (C=O) groups excluding carboxylic acids is 2. The Bertz CT molecular complexity index is 1020. The number of hydrogen-bond donors (Lipinski definition) is 1. The van der Waals surface area contributed by atoms with Crippen LogP contribution in [0.5, 0.6) is 0 Å². The average molecular weight is 401 g/mol. The number of carbonyl (C=O) groups is 2. The summed E-state index contributed by atoms with van der Waals surface area (Å²) in [5.41, 5.74) is 2.17. The monoisotopic (exact) mass is 401 g/mol. The van der Waals surface area contributed by atoms with Gasteiger partial charge in [0, 0.05) is 23.0 Å². The number of rotatable bonds is 7. The topological polar surface area (TPSA) is 80.4 Å². The first-order chi connectivity index (χ1) is 14.4. The molecule has 1 unspecified atom stereocenters. The number of hydrogen-bond acceptors (Lipinski definition) is 4. The van der Waals surface area contributed by atoms with E-state index >= 15 is 0 Å². The summed E-state index contributed by atoms with van der Waals surface area (Å²) in [4.78, 5) is 26.9. The number of ketones is 2. The Hall–Kier alpha value is -3.73. The molecule has 3 aromatic rings. The van der Waals surface area contributed by atoms with Crippen molar-refractivity contribution in [1.29, 1.82) is 0 Å². The maximum absolute atomic E-state index is 13.6. The molecule has 0 saturated carbocycles. The van der Waals surface area contributed by atoms with Gasteiger partial charge in [0.1, 0.15) is 5.92 Å². The van der Waals surface area contributed by atoms with Crippen molar-refractivity contribution >= 4 is 17.3 Å². The molecule has 5 nitrogen and oxygen atoms in total. The molecule has 0 aliphatic carbocycles. The molecule has 3 aromatic carbocycles. The normalized spacial score (nSPS) is 12.9. The Labute approximate surface area is 175 Å². The minimum absolute atomic E-state index is 0.0251. The average Bonchev–Trinajstić information content (AvgIpc) is 2.78. The quantitative estimate of drug-likeness (QED) is 0.154. The predicted molar refractivity (Wildman–Crippen MR) is 115 cm³/mol. The molecule has 0 aromatic heterocycles. The van der Waals surface area contributed by atoms with Crippen molar-refractivity contribution in [2.45, 2.75) is 19.8 Å². The van der Waals surface area contributed by atoms with Gasteiger partial charge in [0.2, 0.25) is 5.71 Å². The third-order valence-electron chi connectivity index (χ3n) is 5.29. The number of nitrogens with zero attached hydrogens (tertiary/aromatic N) is 1. The van der Waals surface area contributed by atoms with Crippen LogP contribution in [0.1, 0.15) is 44.7 Å². The molecular formula is C25H23NO4. The lowest BCUT2D eigenvalue weighted by Gasteiger charge is -2.25. The van der Waals surface area contributed by atoms with Crippen LogP contribution in [-0.4, -0.2) is 27.4 Å². The summed E-state index contributed by atoms with van der Waals surface area (Å²) in [7, 11) is 0. The van der Waals surface area contributed by atoms with Crippen LogP contribution in [0.25, 0.3) is 0 Å². The van der Waals surface area contributed by atoms with Gasteiger partial charge in [0.25, 0.3) is 0 Å². The summed E-state index contributed by atoms with van der Waals surface area (Å²) in [6.45, 7) is 3.28. The molecule has 1 atom stereocenters. The van der Waals surface area contributed by atoms with E-state index in [1.54, 1.807) is 72.8 Å². The van der Waals surface area contributed by atoms with Crippen molar-refractivity contribution in [2.24, 2.45) is 5.92 Å². The highest BCUT2D eigenvalue weighted by atomic mass is 16.8. The van der Waals surface area contributed by atoms with Crippen molar-refractivity contribution in [3.63, 3.8) is 0 Å². The predicted octanol–water partition coefficient (Wildman–Crippen LogP) is 4.82. The Morgan fingerprint density at radius 2 is 1.23 bits per heavy atom. The third kappa shape index (κ3) is 4.30. The lowest BCUT2D eigenvalue weighted by Crippen LogP contribution is -2.36. The molecule has 0 spiro atoms. The summed E-state index contributed by atoms with van der Waals surface area (Å²) in [5.74, 6) is -2.94. The van der Waals surface area contributed by atoms with E-state index in [9.17, 15) is 20.0 Å². The highest BCUT2D eigenvalue weighted by Gasteiger charge is 2.42. The van der Waals surface area contributed by atoms with Crippen LogP contribution < -0.4 is 0 Å². The second-order valence-electron chi connectivity index (χ2n) is 7.19. The summed E-state index contributed by atoms with van der Waals surface area (Å²) < 4.78 is 0. The van der Waals surface area contributed by atoms with Gasteiger partial charge >= 0.3 is 0 Å². The molecule has 0 amide bonds. The number of aryl methyl sites for hydroxylation is 1. The molecule has 0 fully saturated rings. The molecule has 0 saturated heterocycles. The van der Waals surface area contributed by atoms with Gasteiger partial charge in [-0.3, -0.25) is 14.8 Å². The van der Waals surface area contributed by atoms with Crippen molar-refractivity contribution in [2.75, 3.05) is 0 Å². The SMILES string of the molecule is C/C(C(c1ccccc1C)C(C(=O)c1ccccc1)C(=O)c1ccccc1)=[N+](\[O-])O. The molecule has 30 heavy (non-hydrogen) atoms. The van der Waals surface area contributed by atoms with Gasteiger partial charge in [-0.15, -0.1) is 0 Å². The lowest BCUT2D eigenvalue weighted by atomic mass is 9.74. The van der Waals surface area contributed by atoms with E-state index in [0.717, 1.165) is 5.56 Å². The van der Waals surface area contributed by atoms with Gasteiger partial charge in [-0.05, 0) is 18.1 Å². The lowest BCUT2D eigenvalue weighted by molar-refractivity contribution is -0.727. The fraction of sp³-hybridized carbons (Fsp3) is 0.160. The Kier molecular flexibility index (Phi) is 6.42. The fourth-order valence-corrected chi connectivity index (χ4v) is 3.69. The zero-order chi connectivity index (χ0) is 21.7. The molecule has 1 N–H and O–H groups in total. The zero-order valence-corrected chi connectivity index (χ0v) is 16.9. The number of benzene rings is 3. The summed E-state index contributed by atoms with van der Waals surface area (Å²) in [6.07, 6.45) is 0. The molecule has 5 heteroatoms. The van der Waals surface area contributed by atoms with E-state index in [1.807, 2.05) is 19.1 Å². The first kappa shape index (κ1) is 21.0. The van der Waals surface area contributed by atoms with Gasteiger partial charge in [-0.1, -0.05) is 84.9 Å². The van der Waals surface area contributed by atoms with Crippen molar-refractivity contribution in [3.05, 3.63) is 112 Å². The molecule has 0 radical (unpaired) electrons. The van der Waals surface area contributed by atoms with Crippen molar-refractivity contribution < 1.29 is 19.7 Å². The van der Waals surface area contributed by atoms with Crippen LogP contribution in [0.2, 0.25) is 0 Å². The third-order valence-corrected chi connectivity index (χ3v) is 5.29. The summed E-state index contributed by atoms with van der Waals surface area (Å²) in [6, 6.07) is 24.3. The molecule has 0 aliphatic heterocycles. The van der Waals surface area contributed by atoms with Crippen molar-refractivity contribution in [3.8, 4) is 0 Å². The second kappa shape index (κ2) is 9.18. The molecule has 0 bridgehead atoms. The second-order valence-corrected chi connectivity index (χ2v) is 7.19. The van der Waals surface area contributed by atoms with Crippen LogP contribution in [0.3, 0.4) is 0 Å². The van der Waals surface area contributed by atoms with Crippen LogP contribution in [0.4, 0.5) is 0 Å². The Morgan fingerprint density at radius 1 is 0.800 bits per heavy atom. The van der Waals surface area contributed by atoms with Gasteiger partial charge in [0.05, 0.1) is 5.92 Å². The zero-order valence-electron chi connectivity index (χ0n) is 16.9. The largest absolute Gasteiger partial charge is 0.418 e.